The molecule has 0 aliphatic heterocycles. The molecule has 0 amide bonds. The van der Waals surface area contributed by atoms with Gasteiger partial charge in [0.05, 0.1) is 0 Å². The minimum absolute atomic E-state index is 0.1000. The largest absolute Gasteiger partial charge is 0.462 e. The normalized spacial score (nSPS) is 13.1. The van der Waals surface area contributed by atoms with Gasteiger partial charge in [0.25, 0.3) is 0 Å². The first kappa shape index (κ1) is 74.3. The molecule has 6 heteroatoms. The highest BCUT2D eigenvalue weighted by molar-refractivity contribution is 5.71. The first-order valence-electron chi connectivity index (χ1n) is 32.3. The van der Waals surface area contributed by atoms with Crippen LogP contribution in [0.2, 0.25) is 0 Å². The summed E-state index contributed by atoms with van der Waals surface area (Å²) in [5, 5.41) is 0. The third kappa shape index (κ3) is 64.0. The number of unbranched alkanes of at least 4 members (excludes halogenated alkanes) is 22. The fourth-order valence-electron chi connectivity index (χ4n) is 8.46. The van der Waals surface area contributed by atoms with Crippen molar-refractivity contribution in [1.82, 2.24) is 0 Å². The minimum atomic E-state index is -0.804. The zero-order valence-electron chi connectivity index (χ0n) is 51.1. The van der Waals surface area contributed by atoms with Crippen LogP contribution in [0.4, 0.5) is 0 Å². The van der Waals surface area contributed by atoms with Crippen LogP contribution in [-0.4, -0.2) is 37.2 Å². The summed E-state index contributed by atoms with van der Waals surface area (Å²) in [6.45, 7) is 6.44. The quantitative estimate of drug-likeness (QED) is 0.0261. The van der Waals surface area contributed by atoms with Gasteiger partial charge < -0.3 is 14.2 Å². The van der Waals surface area contributed by atoms with E-state index in [1.54, 1.807) is 0 Å². The van der Waals surface area contributed by atoms with Gasteiger partial charge in [-0.2, -0.15) is 0 Å². The predicted octanol–water partition coefficient (Wildman–Crippen LogP) is 22.3. The molecule has 0 rings (SSSR count). The fraction of sp³-hybridized carbons (Fsp3) is 0.630. The van der Waals surface area contributed by atoms with E-state index in [2.05, 4.69) is 167 Å². The minimum Gasteiger partial charge on any atom is -0.462 e. The van der Waals surface area contributed by atoms with Gasteiger partial charge in [-0.3, -0.25) is 14.4 Å². The Labute approximate surface area is 487 Å². The number of esters is 3. The molecule has 0 fully saturated rings. The monoisotopic (exact) mass is 1090 g/mol. The van der Waals surface area contributed by atoms with Crippen LogP contribution in [0, 0.1) is 0 Å². The van der Waals surface area contributed by atoms with Crippen LogP contribution >= 0.6 is 0 Å². The summed E-state index contributed by atoms with van der Waals surface area (Å²) in [4.78, 5) is 38.3. The highest BCUT2D eigenvalue weighted by Crippen LogP contribution is 2.14. The Hall–Kier alpha value is -4.71. The van der Waals surface area contributed by atoms with Crippen LogP contribution in [0.3, 0.4) is 0 Å². The molecule has 0 saturated heterocycles. The van der Waals surface area contributed by atoms with Crippen LogP contribution < -0.4 is 0 Å². The van der Waals surface area contributed by atoms with E-state index in [4.69, 9.17) is 14.2 Å². The number of carbonyl (C=O) groups excluding carboxylic acids is 3. The third-order valence-electron chi connectivity index (χ3n) is 13.3. The lowest BCUT2D eigenvalue weighted by atomic mass is 10.1. The summed E-state index contributed by atoms with van der Waals surface area (Å²) in [6.07, 6.45) is 94.2. The van der Waals surface area contributed by atoms with Gasteiger partial charge in [-0.15, -0.1) is 0 Å². The van der Waals surface area contributed by atoms with Crippen molar-refractivity contribution >= 4 is 17.9 Å². The summed E-state index contributed by atoms with van der Waals surface area (Å²) in [7, 11) is 0. The van der Waals surface area contributed by atoms with Gasteiger partial charge in [0.15, 0.2) is 6.10 Å². The summed E-state index contributed by atoms with van der Waals surface area (Å²) in [5.41, 5.74) is 0. The van der Waals surface area contributed by atoms with Gasteiger partial charge in [0, 0.05) is 19.3 Å². The second-order valence-corrected chi connectivity index (χ2v) is 20.9. The highest BCUT2D eigenvalue weighted by Gasteiger charge is 2.19. The molecule has 0 aliphatic rings. The Morgan fingerprint density at radius 2 is 0.494 bits per heavy atom. The van der Waals surface area contributed by atoms with E-state index in [9.17, 15) is 14.4 Å². The van der Waals surface area contributed by atoms with Crippen molar-refractivity contribution in [3.05, 3.63) is 146 Å². The maximum Gasteiger partial charge on any atom is 0.306 e. The van der Waals surface area contributed by atoms with Crippen LogP contribution in [0.5, 0.6) is 0 Å². The first-order chi connectivity index (χ1) is 39.0. The van der Waals surface area contributed by atoms with Gasteiger partial charge >= 0.3 is 17.9 Å². The average molecular weight is 1090 g/mol. The number of ether oxygens (including phenoxy) is 3. The van der Waals surface area contributed by atoms with Gasteiger partial charge in [0.1, 0.15) is 13.2 Å². The molecule has 0 heterocycles. The number of hydrogen-bond donors (Lipinski definition) is 0. The van der Waals surface area contributed by atoms with Gasteiger partial charge in [-0.05, 0) is 148 Å². The molecule has 0 aromatic heterocycles. The lowest BCUT2D eigenvalue weighted by molar-refractivity contribution is -0.167. The van der Waals surface area contributed by atoms with E-state index >= 15 is 0 Å². The molecule has 0 aromatic carbocycles. The molecule has 0 N–H and O–H groups in total. The molecule has 0 spiro atoms. The van der Waals surface area contributed by atoms with Crippen LogP contribution in [0.1, 0.15) is 278 Å². The van der Waals surface area contributed by atoms with Crippen molar-refractivity contribution in [3.63, 3.8) is 0 Å². The molecular formula is C73H118O6. The third-order valence-corrected chi connectivity index (χ3v) is 13.3. The number of allylic oxidation sites excluding steroid dienone is 24. The molecule has 1 atom stereocenters. The van der Waals surface area contributed by atoms with E-state index in [1.165, 1.54) is 64.2 Å². The smallest absolute Gasteiger partial charge is 0.306 e. The van der Waals surface area contributed by atoms with Gasteiger partial charge in [-0.25, -0.2) is 0 Å². The molecule has 0 radical (unpaired) electrons. The maximum atomic E-state index is 12.9. The zero-order chi connectivity index (χ0) is 57.1. The molecular weight excluding hydrogens is 973 g/mol. The maximum absolute atomic E-state index is 12.9. The van der Waals surface area contributed by atoms with E-state index in [0.717, 1.165) is 173 Å². The van der Waals surface area contributed by atoms with Crippen molar-refractivity contribution in [1.29, 1.82) is 0 Å². The standard InChI is InChI=1S/C73H118O6/c1-4-7-10-13-16-19-22-25-28-29-30-31-32-33-34-35-36-37-38-39-40-41-42-43-46-48-51-54-57-60-63-66-72(75)78-69-70(79-73(76)67-64-61-58-55-52-49-45-27-24-21-18-15-12-9-6-3)68-77-71(74)65-62-59-56-53-50-47-44-26-23-20-17-14-11-8-5-2/h7,10,16-21,25-28,30-31,33-34,36-37,39-40,42-45,70H,4-6,8-9,11-15,22-24,29,32,35,38,41,46-69H2,1-3H3/b10-7-,19-16-,20-17-,21-18-,28-25-,31-30-,34-33-,37-36-,40-39-,43-42-,44-26-,45-27-. The molecule has 0 aromatic rings. The molecule has 1 unspecified atom stereocenters. The van der Waals surface area contributed by atoms with Crippen molar-refractivity contribution in [2.45, 2.75) is 284 Å². The van der Waals surface area contributed by atoms with Crippen molar-refractivity contribution < 1.29 is 28.6 Å². The van der Waals surface area contributed by atoms with Gasteiger partial charge in [-0.1, -0.05) is 256 Å². The fourth-order valence-corrected chi connectivity index (χ4v) is 8.46. The van der Waals surface area contributed by atoms with E-state index in [-0.39, 0.29) is 31.1 Å². The zero-order valence-corrected chi connectivity index (χ0v) is 51.1. The van der Waals surface area contributed by atoms with Crippen molar-refractivity contribution in [3.8, 4) is 0 Å². The Morgan fingerprint density at radius 3 is 0.772 bits per heavy atom. The Morgan fingerprint density at radius 1 is 0.266 bits per heavy atom. The summed E-state index contributed by atoms with van der Waals surface area (Å²) < 4.78 is 16.9. The lowest BCUT2D eigenvalue weighted by Crippen LogP contribution is -2.30. The Bertz CT molecular complexity index is 1730. The van der Waals surface area contributed by atoms with Crippen molar-refractivity contribution in [2.75, 3.05) is 13.2 Å². The second kappa shape index (κ2) is 65.8. The molecule has 6 nitrogen and oxygen atoms in total. The van der Waals surface area contributed by atoms with E-state index in [0.29, 0.717) is 19.3 Å². The first-order valence-corrected chi connectivity index (χ1v) is 32.3. The van der Waals surface area contributed by atoms with Crippen molar-refractivity contribution in [2.24, 2.45) is 0 Å². The molecule has 0 aliphatic carbocycles. The molecule has 446 valence electrons. The summed E-state index contributed by atoms with van der Waals surface area (Å²) in [6, 6.07) is 0. The van der Waals surface area contributed by atoms with E-state index < -0.39 is 6.10 Å². The molecule has 79 heavy (non-hydrogen) atoms. The number of rotatable bonds is 57. The predicted molar refractivity (Wildman–Crippen MR) is 343 cm³/mol. The molecule has 0 bridgehead atoms. The Kier molecular flexibility index (Phi) is 61.9. The number of carbonyl (C=O) groups is 3. The van der Waals surface area contributed by atoms with Crippen LogP contribution in [-0.2, 0) is 28.6 Å². The SMILES string of the molecule is CC/C=C\C/C=C\C/C=C\C/C=C\C/C=C\C/C=C\C/C=C\C/C=C\CCCCCCCCC(=O)OCC(COC(=O)CCCCCCC/C=C\C/C=C\CCCCC)OC(=O)CCCCCCC/C=C\C/C=C\CCCCC. The van der Waals surface area contributed by atoms with Crippen LogP contribution in [0.25, 0.3) is 0 Å². The second-order valence-electron chi connectivity index (χ2n) is 20.9. The summed E-state index contributed by atoms with van der Waals surface area (Å²) in [5.74, 6) is -0.942. The Balaban J connectivity index is 4.37. The molecule has 0 saturated carbocycles. The van der Waals surface area contributed by atoms with Crippen LogP contribution in [0.15, 0.2) is 146 Å². The van der Waals surface area contributed by atoms with E-state index in [1.807, 2.05) is 0 Å². The average Bonchev–Trinajstić information content (AvgIpc) is 3.45. The summed E-state index contributed by atoms with van der Waals surface area (Å²) >= 11 is 0. The lowest BCUT2D eigenvalue weighted by Gasteiger charge is -2.18. The topological polar surface area (TPSA) is 78.9 Å². The highest BCUT2D eigenvalue weighted by atomic mass is 16.6. The number of hydrogen-bond acceptors (Lipinski definition) is 6. The van der Waals surface area contributed by atoms with Gasteiger partial charge in [0.2, 0.25) is 0 Å².